The van der Waals surface area contributed by atoms with Gasteiger partial charge in [-0.25, -0.2) is 0 Å². The van der Waals surface area contributed by atoms with Gasteiger partial charge >= 0.3 is 0 Å². The monoisotopic (exact) mass is 370 g/mol. The molecule has 0 saturated carbocycles. The van der Waals surface area contributed by atoms with Gasteiger partial charge in [-0.1, -0.05) is 54.6 Å². The summed E-state index contributed by atoms with van der Waals surface area (Å²) >= 11 is 0. The Kier molecular flexibility index (Phi) is 4.77. The fraction of sp³-hybridized carbons (Fsp3) is 0.0833. The van der Waals surface area contributed by atoms with Crippen molar-refractivity contribution in [3.63, 3.8) is 0 Å². The zero-order valence-electron chi connectivity index (χ0n) is 15.3. The average Bonchev–Trinajstić information content (AvgIpc) is 2.76. The third kappa shape index (κ3) is 2.99. The number of benzene rings is 4. The highest BCUT2D eigenvalue weighted by Crippen LogP contribution is 2.32. The van der Waals surface area contributed by atoms with E-state index >= 15 is 0 Å². The molecular formula is C24H18O4. The van der Waals surface area contributed by atoms with Crippen LogP contribution in [0.25, 0.3) is 21.5 Å². The molecule has 0 unspecified atom stereocenters. The van der Waals surface area contributed by atoms with Crippen LogP contribution in [0, 0.1) is 0 Å². The molecule has 0 heterocycles. The van der Waals surface area contributed by atoms with E-state index in [1.54, 1.807) is 13.2 Å². The normalized spacial score (nSPS) is 10.8. The van der Waals surface area contributed by atoms with Crippen molar-refractivity contribution in [3.8, 4) is 11.5 Å². The predicted molar refractivity (Wildman–Crippen MR) is 110 cm³/mol. The summed E-state index contributed by atoms with van der Waals surface area (Å²) in [4.78, 5) is 23.5. The lowest BCUT2D eigenvalue weighted by molar-refractivity contribution is 0.111. The maximum Gasteiger partial charge on any atom is 0.154 e. The lowest BCUT2D eigenvalue weighted by Crippen LogP contribution is -2.03. The van der Waals surface area contributed by atoms with Crippen LogP contribution >= 0.6 is 0 Å². The Hall–Kier alpha value is -3.66. The maximum atomic E-state index is 11.8. The van der Waals surface area contributed by atoms with E-state index in [4.69, 9.17) is 9.47 Å². The van der Waals surface area contributed by atoms with E-state index in [1.165, 1.54) is 0 Å². The number of ether oxygens (including phenoxy) is 2. The third-order valence-corrected chi connectivity index (χ3v) is 4.90. The van der Waals surface area contributed by atoms with E-state index in [0.717, 1.165) is 34.1 Å². The van der Waals surface area contributed by atoms with Gasteiger partial charge in [0.1, 0.15) is 18.1 Å². The van der Waals surface area contributed by atoms with Crippen molar-refractivity contribution in [2.24, 2.45) is 0 Å². The lowest BCUT2D eigenvalue weighted by Gasteiger charge is -2.15. The van der Waals surface area contributed by atoms with E-state index in [2.05, 4.69) is 0 Å². The highest BCUT2D eigenvalue weighted by atomic mass is 16.5. The highest BCUT2D eigenvalue weighted by molar-refractivity contribution is 6.03. The van der Waals surface area contributed by atoms with Gasteiger partial charge < -0.3 is 9.47 Å². The summed E-state index contributed by atoms with van der Waals surface area (Å²) in [7, 11) is 1.60. The molecule has 0 radical (unpaired) electrons. The quantitative estimate of drug-likeness (QED) is 0.438. The van der Waals surface area contributed by atoms with Gasteiger partial charge in [-0.15, -0.1) is 0 Å². The van der Waals surface area contributed by atoms with Crippen molar-refractivity contribution in [1.29, 1.82) is 0 Å². The van der Waals surface area contributed by atoms with E-state index in [1.807, 2.05) is 60.7 Å². The minimum absolute atomic E-state index is 0.147. The van der Waals surface area contributed by atoms with Crippen molar-refractivity contribution in [2.45, 2.75) is 6.61 Å². The summed E-state index contributed by atoms with van der Waals surface area (Å²) in [5, 5.41) is 3.49. The Morgan fingerprint density at radius 3 is 2.14 bits per heavy atom. The number of rotatable bonds is 6. The van der Waals surface area contributed by atoms with Crippen molar-refractivity contribution >= 4 is 34.1 Å². The molecule has 4 nitrogen and oxygen atoms in total. The molecule has 0 saturated heterocycles. The van der Waals surface area contributed by atoms with Crippen molar-refractivity contribution < 1.29 is 19.1 Å². The summed E-state index contributed by atoms with van der Waals surface area (Å²) < 4.78 is 11.5. The zero-order chi connectivity index (χ0) is 19.5. The fourth-order valence-electron chi connectivity index (χ4n) is 3.53. The first-order valence-electron chi connectivity index (χ1n) is 8.90. The first-order chi connectivity index (χ1) is 13.8. The molecule has 0 bridgehead atoms. The topological polar surface area (TPSA) is 52.6 Å². The molecule has 0 aliphatic rings. The highest BCUT2D eigenvalue weighted by Gasteiger charge is 2.14. The number of aldehydes is 2. The van der Waals surface area contributed by atoms with Crippen LogP contribution in [0.15, 0.2) is 66.7 Å². The zero-order valence-corrected chi connectivity index (χ0v) is 15.3. The standard InChI is InChI=1S/C24H18O4/c1-27-24-12-17(21(13-25)19-8-4-5-9-20(19)24)15-28-23-11-10-16-6-2-3-7-18(16)22(23)14-26/h2-14H,15H2,1H3. The van der Waals surface area contributed by atoms with E-state index in [-0.39, 0.29) is 6.61 Å². The SMILES string of the molecule is COc1cc(COc2ccc3ccccc3c2C=O)c(C=O)c2ccccc12. The molecule has 0 atom stereocenters. The largest absolute Gasteiger partial charge is 0.496 e. The molecule has 0 aromatic heterocycles. The molecule has 0 spiro atoms. The number of carbonyl (C=O) groups excluding carboxylic acids is 2. The second-order valence-corrected chi connectivity index (χ2v) is 6.42. The summed E-state index contributed by atoms with van der Waals surface area (Å²) in [5.74, 6) is 1.16. The van der Waals surface area contributed by atoms with Gasteiger partial charge in [-0.05, 0) is 28.3 Å². The molecule has 4 heteroatoms. The molecular weight excluding hydrogens is 352 g/mol. The second-order valence-electron chi connectivity index (χ2n) is 6.42. The molecule has 0 aliphatic heterocycles. The molecule has 4 aromatic carbocycles. The first-order valence-corrected chi connectivity index (χ1v) is 8.90. The Morgan fingerprint density at radius 1 is 0.750 bits per heavy atom. The number of carbonyl (C=O) groups is 2. The van der Waals surface area contributed by atoms with Crippen LogP contribution in [0.3, 0.4) is 0 Å². The number of methoxy groups -OCH3 is 1. The molecule has 4 rings (SSSR count). The van der Waals surface area contributed by atoms with Gasteiger partial charge in [0.15, 0.2) is 12.6 Å². The summed E-state index contributed by atoms with van der Waals surface area (Å²) in [6, 6.07) is 20.8. The minimum Gasteiger partial charge on any atom is -0.496 e. The number of hydrogen-bond donors (Lipinski definition) is 0. The molecule has 0 fully saturated rings. The summed E-state index contributed by atoms with van der Waals surface area (Å²) in [6.45, 7) is 0.147. The molecule has 0 aliphatic carbocycles. The summed E-state index contributed by atoms with van der Waals surface area (Å²) in [6.07, 6.45) is 1.64. The minimum atomic E-state index is 0.147. The van der Waals surface area contributed by atoms with Gasteiger partial charge in [0.05, 0.1) is 12.7 Å². The van der Waals surface area contributed by atoms with Crippen molar-refractivity contribution in [3.05, 3.63) is 83.4 Å². The van der Waals surface area contributed by atoms with Gasteiger partial charge in [0.2, 0.25) is 0 Å². The number of hydrogen-bond acceptors (Lipinski definition) is 4. The Morgan fingerprint density at radius 2 is 1.43 bits per heavy atom. The Labute approximate surface area is 162 Å². The lowest BCUT2D eigenvalue weighted by atomic mass is 9.99. The second kappa shape index (κ2) is 7.53. The van der Waals surface area contributed by atoms with Gasteiger partial charge in [-0.2, -0.15) is 0 Å². The third-order valence-electron chi connectivity index (χ3n) is 4.90. The number of fused-ring (bicyclic) bond motifs is 2. The van der Waals surface area contributed by atoms with Crippen LogP contribution in [0.5, 0.6) is 11.5 Å². The Bertz CT molecular complexity index is 1190. The van der Waals surface area contributed by atoms with Crippen LogP contribution in [0.4, 0.5) is 0 Å². The van der Waals surface area contributed by atoms with Gasteiger partial charge in [-0.3, -0.25) is 9.59 Å². The van der Waals surface area contributed by atoms with Crippen LogP contribution < -0.4 is 9.47 Å². The molecule has 0 amide bonds. The molecule has 0 N–H and O–H groups in total. The van der Waals surface area contributed by atoms with E-state index in [9.17, 15) is 9.59 Å². The maximum absolute atomic E-state index is 11.8. The van der Waals surface area contributed by atoms with Crippen LogP contribution in [0.1, 0.15) is 26.3 Å². The molecule has 28 heavy (non-hydrogen) atoms. The first kappa shape index (κ1) is 17.7. The fourth-order valence-corrected chi connectivity index (χ4v) is 3.53. The smallest absolute Gasteiger partial charge is 0.154 e. The van der Waals surface area contributed by atoms with Crippen molar-refractivity contribution in [1.82, 2.24) is 0 Å². The Balaban J connectivity index is 1.76. The van der Waals surface area contributed by atoms with Gasteiger partial charge in [0.25, 0.3) is 0 Å². The predicted octanol–water partition coefficient (Wildman–Crippen LogP) is 5.21. The van der Waals surface area contributed by atoms with E-state index < -0.39 is 0 Å². The summed E-state index contributed by atoms with van der Waals surface area (Å²) in [5.41, 5.74) is 1.76. The van der Waals surface area contributed by atoms with Gasteiger partial charge in [0, 0.05) is 16.5 Å². The van der Waals surface area contributed by atoms with Crippen LogP contribution in [0.2, 0.25) is 0 Å². The molecule has 4 aromatic rings. The average molecular weight is 370 g/mol. The van der Waals surface area contributed by atoms with Crippen LogP contribution in [-0.4, -0.2) is 19.7 Å². The van der Waals surface area contributed by atoms with Crippen LogP contribution in [-0.2, 0) is 6.61 Å². The molecule has 138 valence electrons. The van der Waals surface area contributed by atoms with E-state index in [0.29, 0.717) is 28.2 Å². The van der Waals surface area contributed by atoms with Crippen molar-refractivity contribution in [2.75, 3.05) is 7.11 Å².